The average Bonchev–Trinajstić information content (AvgIpc) is 2.59. The Balaban J connectivity index is 1.76. The fourth-order valence-corrected chi connectivity index (χ4v) is 3.15. The van der Waals surface area contributed by atoms with Crippen molar-refractivity contribution < 1.29 is 4.79 Å². The van der Waals surface area contributed by atoms with Crippen LogP contribution in [0, 0.1) is 17.8 Å². The van der Waals surface area contributed by atoms with Gasteiger partial charge in [-0.2, -0.15) is 0 Å². The van der Waals surface area contributed by atoms with Crippen molar-refractivity contribution in [1.82, 2.24) is 5.32 Å². The highest BCUT2D eigenvalue weighted by molar-refractivity contribution is 7.80. The van der Waals surface area contributed by atoms with Crippen molar-refractivity contribution in [2.45, 2.75) is 38.6 Å². The Morgan fingerprint density at radius 1 is 1.53 bits per heavy atom. The molecule has 2 aliphatic rings. The van der Waals surface area contributed by atoms with Gasteiger partial charge in [0.25, 0.3) is 0 Å². The number of carbonyl (C=O) groups excluding carboxylic acids is 1. The summed E-state index contributed by atoms with van der Waals surface area (Å²) >= 11 is 4.81. The number of hydrogen-bond donors (Lipinski definition) is 2. The molecule has 1 amide bonds. The first kappa shape index (κ1) is 10.9. The second kappa shape index (κ2) is 4.08. The molecule has 0 radical (unpaired) electrons. The lowest BCUT2D eigenvalue weighted by atomic mass is 10.1. The summed E-state index contributed by atoms with van der Waals surface area (Å²) in [6.45, 7) is 1.95. The van der Waals surface area contributed by atoms with E-state index in [1.54, 1.807) is 0 Å². The molecule has 0 heterocycles. The summed E-state index contributed by atoms with van der Waals surface area (Å²) in [5.74, 6) is 1.88. The SMILES string of the molecule is CC(CC(N)=S)NC(=O)C1C2CCCC21. The van der Waals surface area contributed by atoms with Gasteiger partial charge in [-0.3, -0.25) is 4.79 Å². The highest BCUT2D eigenvalue weighted by atomic mass is 32.1. The maximum absolute atomic E-state index is 11.8. The van der Waals surface area contributed by atoms with Crippen LogP contribution in [0.15, 0.2) is 0 Å². The normalized spacial score (nSPS) is 34.3. The Morgan fingerprint density at radius 2 is 2.13 bits per heavy atom. The van der Waals surface area contributed by atoms with E-state index >= 15 is 0 Å². The molecule has 84 valence electrons. The number of thiocarbonyl (C=S) groups is 1. The van der Waals surface area contributed by atoms with Crippen molar-refractivity contribution in [3.63, 3.8) is 0 Å². The molecule has 0 saturated heterocycles. The Hall–Kier alpha value is -0.640. The minimum Gasteiger partial charge on any atom is -0.393 e. The van der Waals surface area contributed by atoms with Gasteiger partial charge in [0.05, 0.1) is 4.99 Å². The molecule has 2 fully saturated rings. The van der Waals surface area contributed by atoms with Crippen LogP contribution >= 0.6 is 12.2 Å². The van der Waals surface area contributed by atoms with Crippen molar-refractivity contribution in [2.75, 3.05) is 0 Å². The van der Waals surface area contributed by atoms with E-state index in [-0.39, 0.29) is 11.9 Å². The number of nitrogens with two attached hydrogens (primary N) is 1. The van der Waals surface area contributed by atoms with E-state index in [2.05, 4.69) is 5.32 Å². The van der Waals surface area contributed by atoms with Crippen molar-refractivity contribution in [3.05, 3.63) is 0 Å². The first-order valence-corrected chi connectivity index (χ1v) is 6.09. The van der Waals surface area contributed by atoms with Crippen LogP contribution in [-0.2, 0) is 4.79 Å². The molecule has 3 N–H and O–H groups in total. The van der Waals surface area contributed by atoms with Gasteiger partial charge in [-0.1, -0.05) is 18.6 Å². The summed E-state index contributed by atoms with van der Waals surface area (Å²) in [7, 11) is 0. The summed E-state index contributed by atoms with van der Waals surface area (Å²) in [6, 6.07) is 0.0799. The van der Waals surface area contributed by atoms with Gasteiger partial charge in [0.2, 0.25) is 5.91 Å². The maximum Gasteiger partial charge on any atom is 0.223 e. The van der Waals surface area contributed by atoms with Crippen LogP contribution in [0.25, 0.3) is 0 Å². The zero-order chi connectivity index (χ0) is 11.0. The van der Waals surface area contributed by atoms with Gasteiger partial charge in [-0.25, -0.2) is 0 Å². The van der Waals surface area contributed by atoms with Gasteiger partial charge >= 0.3 is 0 Å². The van der Waals surface area contributed by atoms with Crippen LogP contribution in [0.3, 0.4) is 0 Å². The molecule has 0 bridgehead atoms. The highest BCUT2D eigenvalue weighted by Crippen LogP contribution is 2.57. The van der Waals surface area contributed by atoms with Gasteiger partial charge < -0.3 is 11.1 Å². The quantitative estimate of drug-likeness (QED) is 0.709. The van der Waals surface area contributed by atoms with Crippen LogP contribution in [-0.4, -0.2) is 16.9 Å². The Labute approximate surface area is 95.8 Å². The topological polar surface area (TPSA) is 55.1 Å². The van der Waals surface area contributed by atoms with Crippen molar-refractivity contribution in [1.29, 1.82) is 0 Å². The van der Waals surface area contributed by atoms with E-state index in [9.17, 15) is 4.79 Å². The van der Waals surface area contributed by atoms with Gasteiger partial charge in [0, 0.05) is 18.4 Å². The molecule has 0 aromatic rings. The van der Waals surface area contributed by atoms with E-state index in [1.807, 2.05) is 6.92 Å². The lowest BCUT2D eigenvalue weighted by molar-refractivity contribution is -0.123. The molecule has 2 rings (SSSR count). The van der Waals surface area contributed by atoms with Gasteiger partial charge in [0.15, 0.2) is 0 Å². The fraction of sp³-hybridized carbons (Fsp3) is 0.818. The molecule has 3 unspecified atom stereocenters. The number of hydrogen-bond acceptors (Lipinski definition) is 2. The molecular weight excluding hydrogens is 208 g/mol. The van der Waals surface area contributed by atoms with Crippen LogP contribution in [0.5, 0.6) is 0 Å². The molecule has 0 aromatic carbocycles. The number of amides is 1. The summed E-state index contributed by atoms with van der Waals surface area (Å²) in [4.78, 5) is 12.3. The molecule has 2 saturated carbocycles. The first-order chi connectivity index (χ1) is 7.09. The minimum absolute atomic E-state index is 0.0799. The number of rotatable bonds is 4. The van der Waals surface area contributed by atoms with E-state index in [0.717, 1.165) is 0 Å². The minimum atomic E-state index is 0.0799. The summed E-state index contributed by atoms with van der Waals surface area (Å²) in [6.07, 6.45) is 4.39. The second-order valence-electron chi connectivity index (χ2n) is 4.86. The molecule has 0 spiro atoms. The van der Waals surface area contributed by atoms with E-state index in [4.69, 9.17) is 18.0 Å². The average molecular weight is 226 g/mol. The van der Waals surface area contributed by atoms with Gasteiger partial charge in [-0.05, 0) is 31.6 Å². The van der Waals surface area contributed by atoms with Crippen LogP contribution in [0.1, 0.15) is 32.6 Å². The third kappa shape index (κ3) is 2.30. The largest absolute Gasteiger partial charge is 0.393 e. The zero-order valence-electron chi connectivity index (χ0n) is 9.03. The van der Waals surface area contributed by atoms with Crippen molar-refractivity contribution in [3.8, 4) is 0 Å². The summed E-state index contributed by atoms with van der Waals surface area (Å²) in [5, 5.41) is 3.00. The number of fused-ring (bicyclic) bond motifs is 1. The van der Waals surface area contributed by atoms with Crippen LogP contribution in [0.2, 0.25) is 0 Å². The molecule has 0 aliphatic heterocycles. The smallest absolute Gasteiger partial charge is 0.223 e. The Morgan fingerprint density at radius 3 is 2.67 bits per heavy atom. The van der Waals surface area contributed by atoms with E-state index < -0.39 is 0 Å². The molecule has 0 aromatic heterocycles. The Kier molecular flexibility index (Phi) is 2.96. The predicted octanol–water partition coefficient (Wildman–Crippen LogP) is 1.21. The van der Waals surface area contributed by atoms with Gasteiger partial charge in [-0.15, -0.1) is 0 Å². The molecule has 3 nitrogen and oxygen atoms in total. The predicted molar refractivity (Wildman–Crippen MR) is 63.3 cm³/mol. The highest BCUT2D eigenvalue weighted by Gasteiger charge is 2.56. The van der Waals surface area contributed by atoms with Gasteiger partial charge in [0.1, 0.15) is 0 Å². The first-order valence-electron chi connectivity index (χ1n) is 5.68. The van der Waals surface area contributed by atoms with Crippen molar-refractivity contribution >= 4 is 23.1 Å². The zero-order valence-corrected chi connectivity index (χ0v) is 9.85. The third-order valence-corrected chi connectivity index (χ3v) is 3.77. The van der Waals surface area contributed by atoms with Crippen molar-refractivity contribution in [2.24, 2.45) is 23.5 Å². The summed E-state index contributed by atoms with van der Waals surface area (Å²) in [5.41, 5.74) is 5.43. The number of nitrogens with one attached hydrogen (secondary N) is 1. The lowest BCUT2D eigenvalue weighted by Crippen LogP contribution is -2.37. The van der Waals surface area contributed by atoms with Crippen LogP contribution < -0.4 is 11.1 Å². The molecule has 4 heteroatoms. The standard InChI is InChI=1S/C11H18N2OS/c1-6(5-9(12)15)13-11(14)10-7-3-2-4-8(7)10/h6-8,10H,2-5H2,1H3,(H2,12,15)(H,13,14). The van der Waals surface area contributed by atoms with Crippen LogP contribution in [0.4, 0.5) is 0 Å². The maximum atomic E-state index is 11.8. The fourth-order valence-electron chi connectivity index (χ4n) is 2.90. The molecule has 15 heavy (non-hydrogen) atoms. The monoisotopic (exact) mass is 226 g/mol. The molecular formula is C11H18N2OS. The van der Waals surface area contributed by atoms with E-state index in [0.29, 0.717) is 29.2 Å². The lowest BCUT2D eigenvalue weighted by Gasteiger charge is -2.13. The third-order valence-electron chi connectivity index (χ3n) is 3.61. The summed E-state index contributed by atoms with van der Waals surface area (Å²) < 4.78 is 0. The number of carbonyl (C=O) groups is 1. The molecule has 2 aliphatic carbocycles. The Bertz CT molecular complexity index is 282. The second-order valence-corrected chi connectivity index (χ2v) is 5.39. The van der Waals surface area contributed by atoms with E-state index in [1.165, 1.54) is 19.3 Å². The molecule has 3 atom stereocenters.